The summed E-state index contributed by atoms with van der Waals surface area (Å²) in [6.45, 7) is 0.655. The standard InChI is InChI=1S/C22H23ClN2O2/c1-24(19-9-4-7-15-6-2-3-8-17(15)19)22(27)16-11-12-18(23)20(14-16)25-13-5-10-21(25)26/h2-3,6,8,11-12,14,19H,4-5,7,9-10,13H2,1H3/t19-/m1/s1. The monoisotopic (exact) mass is 382 g/mol. The third-order valence-electron chi connectivity index (χ3n) is 5.68. The zero-order valence-electron chi connectivity index (χ0n) is 15.5. The number of halogens is 1. The number of anilines is 1. The van der Waals surface area contributed by atoms with Gasteiger partial charge < -0.3 is 9.80 Å². The van der Waals surface area contributed by atoms with Crippen molar-refractivity contribution in [3.05, 3.63) is 64.2 Å². The molecule has 1 aliphatic heterocycles. The molecule has 27 heavy (non-hydrogen) atoms. The summed E-state index contributed by atoms with van der Waals surface area (Å²) in [5, 5.41) is 0.507. The van der Waals surface area contributed by atoms with Crippen LogP contribution in [-0.2, 0) is 11.2 Å². The third-order valence-corrected chi connectivity index (χ3v) is 6.00. The van der Waals surface area contributed by atoms with Crippen molar-refractivity contribution in [3.63, 3.8) is 0 Å². The average Bonchev–Trinajstić information content (AvgIpc) is 3.12. The van der Waals surface area contributed by atoms with Crippen molar-refractivity contribution < 1.29 is 9.59 Å². The number of fused-ring (bicyclic) bond motifs is 1. The smallest absolute Gasteiger partial charge is 0.254 e. The number of amides is 2. The number of nitrogens with zero attached hydrogens (tertiary/aromatic N) is 2. The average molecular weight is 383 g/mol. The van der Waals surface area contributed by atoms with E-state index in [1.165, 1.54) is 11.1 Å². The molecule has 0 bridgehead atoms. The predicted octanol–water partition coefficient (Wildman–Crippen LogP) is 4.62. The van der Waals surface area contributed by atoms with Crippen molar-refractivity contribution in [1.82, 2.24) is 4.90 Å². The molecule has 1 saturated heterocycles. The number of rotatable bonds is 3. The Kier molecular flexibility index (Phi) is 4.92. The van der Waals surface area contributed by atoms with Crippen LogP contribution in [0.4, 0.5) is 5.69 Å². The van der Waals surface area contributed by atoms with Crippen molar-refractivity contribution in [2.75, 3.05) is 18.5 Å². The van der Waals surface area contributed by atoms with Crippen LogP contribution < -0.4 is 4.90 Å². The summed E-state index contributed by atoms with van der Waals surface area (Å²) in [5.74, 6) is 0.0253. The van der Waals surface area contributed by atoms with E-state index in [0.29, 0.717) is 29.2 Å². The Hall–Kier alpha value is -2.33. The maximum absolute atomic E-state index is 13.2. The number of aryl methyl sites for hydroxylation is 1. The molecule has 140 valence electrons. The molecule has 1 heterocycles. The summed E-state index contributed by atoms with van der Waals surface area (Å²) in [6.07, 6.45) is 4.47. The lowest BCUT2D eigenvalue weighted by atomic mass is 9.87. The molecule has 4 rings (SSSR count). The van der Waals surface area contributed by atoms with Crippen LogP contribution in [0, 0.1) is 0 Å². The van der Waals surface area contributed by atoms with Crippen LogP contribution in [0.5, 0.6) is 0 Å². The largest absolute Gasteiger partial charge is 0.335 e. The molecule has 0 unspecified atom stereocenters. The van der Waals surface area contributed by atoms with E-state index in [0.717, 1.165) is 25.7 Å². The van der Waals surface area contributed by atoms with Crippen molar-refractivity contribution in [2.24, 2.45) is 0 Å². The highest BCUT2D eigenvalue weighted by atomic mass is 35.5. The minimum atomic E-state index is -0.0405. The SMILES string of the molecule is CN(C(=O)c1ccc(Cl)c(N2CCCC2=O)c1)[C@@H]1CCCc2ccccc21. The lowest BCUT2D eigenvalue weighted by molar-refractivity contribution is -0.117. The van der Waals surface area contributed by atoms with Gasteiger partial charge in [0.05, 0.1) is 16.8 Å². The van der Waals surface area contributed by atoms with Gasteiger partial charge in [0.25, 0.3) is 5.91 Å². The fourth-order valence-electron chi connectivity index (χ4n) is 4.23. The van der Waals surface area contributed by atoms with E-state index in [1.807, 2.05) is 18.0 Å². The Morgan fingerprint density at radius 1 is 1.15 bits per heavy atom. The van der Waals surface area contributed by atoms with Gasteiger partial charge in [0.1, 0.15) is 0 Å². The summed E-state index contributed by atoms with van der Waals surface area (Å²) in [7, 11) is 1.87. The highest BCUT2D eigenvalue weighted by Gasteiger charge is 2.29. The topological polar surface area (TPSA) is 40.6 Å². The first kappa shape index (κ1) is 18.1. The Balaban J connectivity index is 1.63. The first-order valence-corrected chi connectivity index (χ1v) is 9.89. The van der Waals surface area contributed by atoms with Gasteiger partial charge in [0.2, 0.25) is 5.91 Å². The first-order valence-electron chi connectivity index (χ1n) is 9.51. The molecule has 1 aliphatic carbocycles. The lowest BCUT2D eigenvalue weighted by Gasteiger charge is -2.33. The Morgan fingerprint density at radius 2 is 1.96 bits per heavy atom. The Bertz CT molecular complexity index is 896. The highest BCUT2D eigenvalue weighted by molar-refractivity contribution is 6.34. The molecule has 0 radical (unpaired) electrons. The van der Waals surface area contributed by atoms with Crippen LogP contribution in [0.15, 0.2) is 42.5 Å². The van der Waals surface area contributed by atoms with E-state index in [4.69, 9.17) is 11.6 Å². The van der Waals surface area contributed by atoms with Crippen molar-refractivity contribution >= 4 is 29.1 Å². The second-order valence-corrected chi connectivity index (χ2v) is 7.75. The summed E-state index contributed by atoms with van der Waals surface area (Å²) < 4.78 is 0. The molecule has 0 saturated carbocycles. The molecule has 2 amide bonds. The van der Waals surface area contributed by atoms with Crippen molar-refractivity contribution in [3.8, 4) is 0 Å². The molecule has 2 aromatic carbocycles. The predicted molar refractivity (Wildman–Crippen MR) is 107 cm³/mol. The van der Waals surface area contributed by atoms with E-state index in [-0.39, 0.29) is 17.9 Å². The van der Waals surface area contributed by atoms with Crippen molar-refractivity contribution in [1.29, 1.82) is 0 Å². The van der Waals surface area contributed by atoms with Crippen LogP contribution >= 0.6 is 11.6 Å². The molecule has 1 atom stereocenters. The fourth-order valence-corrected chi connectivity index (χ4v) is 4.45. The van der Waals surface area contributed by atoms with E-state index in [9.17, 15) is 9.59 Å². The van der Waals surface area contributed by atoms with Crippen LogP contribution in [0.3, 0.4) is 0 Å². The van der Waals surface area contributed by atoms with E-state index >= 15 is 0 Å². The number of carbonyl (C=O) groups excluding carboxylic acids is 2. The number of hydrogen-bond acceptors (Lipinski definition) is 2. The molecular weight excluding hydrogens is 360 g/mol. The molecule has 4 nitrogen and oxygen atoms in total. The van der Waals surface area contributed by atoms with Crippen LogP contribution in [0.2, 0.25) is 5.02 Å². The van der Waals surface area contributed by atoms with Crippen LogP contribution in [0.1, 0.15) is 53.2 Å². The quantitative estimate of drug-likeness (QED) is 0.777. The second kappa shape index (κ2) is 7.35. The molecule has 0 spiro atoms. The second-order valence-electron chi connectivity index (χ2n) is 7.34. The fraction of sp³-hybridized carbons (Fsp3) is 0.364. The summed E-state index contributed by atoms with van der Waals surface area (Å²) >= 11 is 6.32. The highest BCUT2D eigenvalue weighted by Crippen LogP contribution is 2.35. The van der Waals surface area contributed by atoms with E-state index in [1.54, 1.807) is 23.1 Å². The molecule has 5 heteroatoms. The van der Waals surface area contributed by atoms with Gasteiger partial charge in [-0.25, -0.2) is 0 Å². The van der Waals surface area contributed by atoms with Gasteiger partial charge in [-0.2, -0.15) is 0 Å². The third kappa shape index (κ3) is 3.34. The molecule has 1 fully saturated rings. The summed E-state index contributed by atoms with van der Waals surface area (Å²) in [6, 6.07) is 13.7. The van der Waals surface area contributed by atoms with Gasteiger partial charge in [0.15, 0.2) is 0 Å². The molecular formula is C22H23ClN2O2. The van der Waals surface area contributed by atoms with Gasteiger partial charge in [-0.15, -0.1) is 0 Å². The first-order chi connectivity index (χ1) is 13.1. The molecule has 2 aliphatic rings. The zero-order chi connectivity index (χ0) is 19.0. The van der Waals surface area contributed by atoms with Gasteiger partial charge in [-0.05, 0) is 55.0 Å². The van der Waals surface area contributed by atoms with Gasteiger partial charge in [0, 0.05) is 25.6 Å². The Labute approximate surface area is 164 Å². The van der Waals surface area contributed by atoms with Crippen LogP contribution in [0.25, 0.3) is 0 Å². The molecule has 0 aromatic heterocycles. The zero-order valence-corrected chi connectivity index (χ0v) is 16.2. The summed E-state index contributed by atoms with van der Waals surface area (Å²) in [5.41, 5.74) is 3.78. The van der Waals surface area contributed by atoms with Crippen molar-refractivity contribution in [2.45, 2.75) is 38.1 Å². The minimum Gasteiger partial charge on any atom is -0.335 e. The lowest BCUT2D eigenvalue weighted by Crippen LogP contribution is -2.33. The van der Waals surface area contributed by atoms with Gasteiger partial charge >= 0.3 is 0 Å². The maximum Gasteiger partial charge on any atom is 0.254 e. The van der Waals surface area contributed by atoms with E-state index < -0.39 is 0 Å². The summed E-state index contributed by atoms with van der Waals surface area (Å²) in [4.78, 5) is 28.8. The van der Waals surface area contributed by atoms with Gasteiger partial charge in [-0.3, -0.25) is 9.59 Å². The Morgan fingerprint density at radius 3 is 2.74 bits per heavy atom. The minimum absolute atomic E-state index is 0.0405. The number of benzene rings is 2. The van der Waals surface area contributed by atoms with Crippen LogP contribution in [-0.4, -0.2) is 30.3 Å². The molecule has 0 N–H and O–H groups in total. The number of hydrogen-bond donors (Lipinski definition) is 0. The maximum atomic E-state index is 13.2. The van der Waals surface area contributed by atoms with E-state index in [2.05, 4.69) is 18.2 Å². The normalized spacial score (nSPS) is 19.1. The number of carbonyl (C=O) groups is 2. The molecule has 2 aromatic rings. The van der Waals surface area contributed by atoms with Gasteiger partial charge in [-0.1, -0.05) is 35.9 Å².